The van der Waals surface area contributed by atoms with Gasteiger partial charge in [-0.2, -0.15) is 0 Å². The Kier molecular flexibility index (Phi) is 5.08. The van der Waals surface area contributed by atoms with E-state index in [1.165, 1.54) is 18.2 Å². The van der Waals surface area contributed by atoms with Crippen LogP contribution in [0.1, 0.15) is 28.9 Å². The zero-order valence-corrected chi connectivity index (χ0v) is 10.2. The molecule has 0 saturated carbocycles. The number of hydrogen-bond donors (Lipinski definition) is 4. The Balaban J connectivity index is 3.04. The molecule has 2 unspecified atom stereocenters. The van der Waals surface area contributed by atoms with Gasteiger partial charge in [0.05, 0.1) is 18.3 Å². The summed E-state index contributed by atoms with van der Waals surface area (Å²) in [5.41, 5.74) is 11.8. The molecule has 0 aliphatic heterocycles. The molecule has 0 aliphatic rings. The zero-order chi connectivity index (χ0) is 13.7. The predicted molar refractivity (Wildman–Crippen MR) is 66.8 cm³/mol. The molecule has 2 atom stereocenters. The number of carbonyl (C=O) groups is 1. The Hall–Kier alpha value is -1.63. The van der Waals surface area contributed by atoms with Crippen LogP contribution in [-0.2, 0) is 4.74 Å². The zero-order valence-electron chi connectivity index (χ0n) is 10.2. The van der Waals surface area contributed by atoms with Crippen molar-refractivity contribution >= 4 is 11.7 Å². The number of anilines is 1. The first-order valence-corrected chi connectivity index (χ1v) is 5.64. The van der Waals surface area contributed by atoms with Gasteiger partial charge in [0.25, 0.3) is 0 Å². The predicted octanol–water partition coefficient (Wildman–Crippen LogP) is -0.202. The van der Waals surface area contributed by atoms with E-state index in [0.29, 0.717) is 0 Å². The summed E-state index contributed by atoms with van der Waals surface area (Å²) in [4.78, 5) is 11.5. The van der Waals surface area contributed by atoms with Crippen LogP contribution in [0.25, 0.3) is 0 Å². The standard InChI is InChI=1S/C12H18N2O4/c1-2-18-12(17)7-3-4-9(14)8(5-7)11(16)10(15)6-13/h3-5,10-11,15-16H,2,6,13-14H2,1H3. The van der Waals surface area contributed by atoms with E-state index in [0.717, 1.165) is 0 Å². The lowest BCUT2D eigenvalue weighted by molar-refractivity contribution is 0.0246. The topological polar surface area (TPSA) is 119 Å². The monoisotopic (exact) mass is 254 g/mol. The fourth-order valence-electron chi connectivity index (χ4n) is 1.51. The molecule has 6 N–H and O–H groups in total. The lowest BCUT2D eigenvalue weighted by Crippen LogP contribution is -2.27. The molecule has 0 fully saturated rings. The number of nitrogens with two attached hydrogens (primary N) is 2. The van der Waals surface area contributed by atoms with E-state index in [1.54, 1.807) is 6.92 Å². The van der Waals surface area contributed by atoms with Crippen LogP contribution < -0.4 is 11.5 Å². The van der Waals surface area contributed by atoms with Crippen molar-refractivity contribution < 1.29 is 19.7 Å². The Labute approximate surface area is 105 Å². The largest absolute Gasteiger partial charge is 0.462 e. The summed E-state index contributed by atoms with van der Waals surface area (Å²) in [6.07, 6.45) is -2.37. The van der Waals surface area contributed by atoms with Crippen LogP contribution in [0.2, 0.25) is 0 Å². The summed E-state index contributed by atoms with van der Waals surface area (Å²) in [5.74, 6) is -0.506. The van der Waals surface area contributed by atoms with Gasteiger partial charge in [0.15, 0.2) is 0 Å². The van der Waals surface area contributed by atoms with Gasteiger partial charge in [0.2, 0.25) is 0 Å². The Morgan fingerprint density at radius 2 is 2.11 bits per heavy atom. The highest BCUT2D eigenvalue weighted by molar-refractivity contribution is 5.90. The minimum Gasteiger partial charge on any atom is -0.462 e. The number of aliphatic hydroxyl groups is 2. The summed E-state index contributed by atoms with van der Waals surface area (Å²) in [7, 11) is 0. The molecule has 100 valence electrons. The molecule has 1 rings (SSSR count). The van der Waals surface area contributed by atoms with Crippen molar-refractivity contribution in [3.05, 3.63) is 29.3 Å². The van der Waals surface area contributed by atoms with Crippen molar-refractivity contribution in [2.45, 2.75) is 19.1 Å². The highest BCUT2D eigenvalue weighted by atomic mass is 16.5. The number of ether oxygens (including phenoxy) is 1. The number of nitrogen functional groups attached to an aromatic ring is 1. The van der Waals surface area contributed by atoms with E-state index < -0.39 is 18.2 Å². The molecular formula is C12H18N2O4. The third-order valence-electron chi connectivity index (χ3n) is 2.52. The minimum atomic E-state index is -1.23. The average molecular weight is 254 g/mol. The normalized spacial score (nSPS) is 14.0. The smallest absolute Gasteiger partial charge is 0.338 e. The Morgan fingerprint density at radius 3 is 2.67 bits per heavy atom. The van der Waals surface area contributed by atoms with Crippen molar-refractivity contribution in [1.29, 1.82) is 0 Å². The third kappa shape index (κ3) is 3.19. The molecular weight excluding hydrogens is 236 g/mol. The summed E-state index contributed by atoms with van der Waals surface area (Å²) in [6.45, 7) is 1.85. The van der Waals surface area contributed by atoms with E-state index in [-0.39, 0.29) is 30.0 Å². The summed E-state index contributed by atoms with van der Waals surface area (Å²) >= 11 is 0. The summed E-state index contributed by atoms with van der Waals surface area (Å²) in [5, 5.41) is 19.3. The molecule has 18 heavy (non-hydrogen) atoms. The highest BCUT2D eigenvalue weighted by Gasteiger charge is 2.21. The van der Waals surface area contributed by atoms with Gasteiger partial charge < -0.3 is 26.4 Å². The maximum Gasteiger partial charge on any atom is 0.338 e. The second-order valence-corrected chi connectivity index (χ2v) is 3.81. The van der Waals surface area contributed by atoms with Crippen LogP contribution in [0, 0.1) is 0 Å². The Morgan fingerprint density at radius 1 is 1.44 bits per heavy atom. The maximum absolute atomic E-state index is 11.5. The third-order valence-corrected chi connectivity index (χ3v) is 2.52. The molecule has 0 bridgehead atoms. The molecule has 0 heterocycles. The number of esters is 1. The molecule has 0 aromatic heterocycles. The van der Waals surface area contributed by atoms with Gasteiger partial charge in [-0.1, -0.05) is 0 Å². The molecule has 0 aliphatic carbocycles. The van der Waals surface area contributed by atoms with E-state index >= 15 is 0 Å². The first kappa shape index (κ1) is 14.4. The van der Waals surface area contributed by atoms with Crippen LogP contribution in [0.3, 0.4) is 0 Å². The number of rotatable bonds is 5. The van der Waals surface area contributed by atoms with Gasteiger partial charge in [-0.3, -0.25) is 0 Å². The van der Waals surface area contributed by atoms with Crippen molar-refractivity contribution in [2.75, 3.05) is 18.9 Å². The lowest BCUT2D eigenvalue weighted by atomic mass is 10.00. The molecule has 6 nitrogen and oxygen atoms in total. The van der Waals surface area contributed by atoms with E-state index in [4.69, 9.17) is 16.2 Å². The number of carbonyl (C=O) groups excluding carboxylic acids is 1. The maximum atomic E-state index is 11.5. The molecule has 6 heteroatoms. The highest BCUT2D eigenvalue weighted by Crippen LogP contribution is 2.24. The van der Waals surface area contributed by atoms with Crippen LogP contribution >= 0.6 is 0 Å². The molecule has 0 amide bonds. The lowest BCUT2D eigenvalue weighted by Gasteiger charge is -2.18. The first-order chi connectivity index (χ1) is 8.51. The Bertz CT molecular complexity index is 423. The van der Waals surface area contributed by atoms with Crippen LogP contribution in [0.15, 0.2) is 18.2 Å². The first-order valence-electron chi connectivity index (χ1n) is 5.64. The number of aliphatic hydroxyl groups excluding tert-OH is 2. The minimum absolute atomic E-state index is 0.107. The molecule has 0 spiro atoms. The summed E-state index contributed by atoms with van der Waals surface area (Å²) < 4.78 is 4.84. The molecule has 1 aromatic carbocycles. The van der Waals surface area contributed by atoms with Gasteiger partial charge in [0.1, 0.15) is 6.10 Å². The second-order valence-electron chi connectivity index (χ2n) is 3.81. The van der Waals surface area contributed by atoms with Crippen LogP contribution in [-0.4, -0.2) is 35.4 Å². The quantitative estimate of drug-likeness (QED) is 0.427. The van der Waals surface area contributed by atoms with Gasteiger partial charge in [-0.05, 0) is 25.1 Å². The molecule has 1 aromatic rings. The summed E-state index contributed by atoms with van der Waals surface area (Å²) in [6, 6.07) is 4.38. The second kappa shape index (κ2) is 6.34. The number of benzene rings is 1. The van der Waals surface area contributed by atoms with Crippen molar-refractivity contribution in [2.24, 2.45) is 5.73 Å². The fourth-order valence-corrected chi connectivity index (χ4v) is 1.51. The average Bonchev–Trinajstić information content (AvgIpc) is 2.37. The SMILES string of the molecule is CCOC(=O)c1ccc(N)c(C(O)C(O)CN)c1. The van der Waals surface area contributed by atoms with Crippen LogP contribution in [0.5, 0.6) is 0 Å². The van der Waals surface area contributed by atoms with Gasteiger partial charge >= 0.3 is 5.97 Å². The van der Waals surface area contributed by atoms with Gasteiger partial charge in [-0.15, -0.1) is 0 Å². The van der Waals surface area contributed by atoms with Crippen molar-refractivity contribution in [3.63, 3.8) is 0 Å². The van der Waals surface area contributed by atoms with E-state index in [1.807, 2.05) is 0 Å². The van der Waals surface area contributed by atoms with Crippen LogP contribution in [0.4, 0.5) is 5.69 Å². The van der Waals surface area contributed by atoms with E-state index in [9.17, 15) is 15.0 Å². The molecule has 0 saturated heterocycles. The van der Waals surface area contributed by atoms with Gasteiger partial charge in [-0.25, -0.2) is 4.79 Å². The van der Waals surface area contributed by atoms with Gasteiger partial charge in [0, 0.05) is 17.8 Å². The van der Waals surface area contributed by atoms with Crippen molar-refractivity contribution in [1.82, 2.24) is 0 Å². The van der Waals surface area contributed by atoms with E-state index in [2.05, 4.69) is 0 Å². The van der Waals surface area contributed by atoms with Crippen molar-refractivity contribution in [3.8, 4) is 0 Å². The number of hydrogen-bond acceptors (Lipinski definition) is 6. The molecule has 0 radical (unpaired) electrons. The fraction of sp³-hybridized carbons (Fsp3) is 0.417.